The zero-order valence-corrected chi connectivity index (χ0v) is 16.9. The summed E-state index contributed by atoms with van der Waals surface area (Å²) in [6, 6.07) is 10.7. The van der Waals surface area contributed by atoms with Crippen LogP contribution in [0.1, 0.15) is 36.9 Å². The highest BCUT2D eigenvalue weighted by atomic mass is 35.5. The SMILES string of the molecule is CCC(=O)N1N=C(c2ccc(NS(C)(=O)=O)cc2)C[C@@H]1c1ccc(Cl)c(F)c1. The molecule has 1 heterocycles. The van der Waals surface area contributed by atoms with Gasteiger partial charge in [0.25, 0.3) is 0 Å². The Bertz CT molecular complexity index is 1040. The highest BCUT2D eigenvalue weighted by Gasteiger charge is 2.32. The summed E-state index contributed by atoms with van der Waals surface area (Å²) < 4.78 is 39.0. The average Bonchev–Trinajstić information content (AvgIpc) is 3.08. The summed E-state index contributed by atoms with van der Waals surface area (Å²) in [6.07, 6.45) is 1.75. The van der Waals surface area contributed by atoms with Crippen molar-refractivity contribution in [1.82, 2.24) is 5.01 Å². The molecule has 1 N–H and O–H groups in total. The highest BCUT2D eigenvalue weighted by molar-refractivity contribution is 7.92. The van der Waals surface area contributed by atoms with E-state index in [1.54, 1.807) is 37.3 Å². The number of nitrogens with one attached hydrogen (secondary N) is 1. The monoisotopic (exact) mass is 423 g/mol. The van der Waals surface area contributed by atoms with Gasteiger partial charge in [-0.05, 0) is 35.4 Å². The highest BCUT2D eigenvalue weighted by Crippen LogP contribution is 2.34. The summed E-state index contributed by atoms with van der Waals surface area (Å²) in [5, 5.41) is 5.84. The normalized spacial score (nSPS) is 16.8. The zero-order valence-electron chi connectivity index (χ0n) is 15.3. The van der Waals surface area contributed by atoms with Gasteiger partial charge in [-0.2, -0.15) is 5.10 Å². The largest absolute Gasteiger partial charge is 0.284 e. The first kappa shape index (κ1) is 20.3. The minimum atomic E-state index is -3.36. The molecule has 0 saturated carbocycles. The molecule has 28 heavy (non-hydrogen) atoms. The van der Waals surface area contributed by atoms with Crippen LogP contribution in [-0.2, 0) is 14.8 Å². The van der Waals surface area contributed by atoms with Crippen molar-refractivity contribution in [2.45, 2.75) is 25.8 Å². The van der Waals surface area contributed by atoms with E-state index < -0.39 is 21.9 Å². The number of hydrazone groups is 1. The summed E-state index contributed by atoms with van der Waals surface area (Å²) in [4.78, 5) is 12.4. The third kappa shape index (κ3) is 4.51. The van der Waals surface area contributed by atoms with Gasteiger partial charge < -0.3 is 0 Å². The molecule has 148 valence electrons. The minimum absolute atomic E-state index is 0.0187. The summed E-state index contributed by atoms with van der Waals surface area (Å²) in [7, 11) is -3.36. The predicted molar refractivity (Wildman–Crippen MR) is 107 cm³/mol. The molecule has 0 bridgehead atoms. The van der Waals surface area contributed by atoms with E-state index >= 15 is 0 Å². The molecule has 0 aromatic heterocycles. The molecule has 1 aliphatic heterocycles. The quantitative estimate of drug-likeness (QED) is 0.791. The first-order chi connectivity index (χ1) is 13.2. The van der Waals surface area contributed by atoms with Gasteiger partial charge in [-0.15, -0.1) is 0 Å². The summed E-state index contributed by atoms with van der Waals surface area (Å²) in [5.74, 6) is -0.724. The van der Waals surface area contributed by atoms with Crippen LogP contribution >= 0.6 is 11.6 Å². The van der Waals surface area contributed by atoms with Gasteiger partial charge in [0.15, 0.2) is 0 Å². The van der Waals surface area contributed by atoms with Crippen LogP contribution in [0, 0.1) is 5.82 Å². The number of sulfonamides is 1. The van der Waals surface area contributed by atoms with Crippen LogP contribution in [0.5, 0.6) is 0 Å². The van der Waals surface area contributed by atoms with Crippen molar-refractivity contribution in [2.24, 2.45) is 5.10 Å². The summed E-state index contributed by atoms with van der Waals surface area (Å²) >= 11 is 5.77. The van der Waals surface area contributed by atoms with E-state index in [1.807, 2.05) is 0 Å². The van der Waals surface area contributed by atoms with Crippen LogP contribution in [0.15, 0.2) is 47.6 Å². The number of nitrogens with zero attached hydrogens (tertiary/aromatic N) is 2. The smallest absolute Gasteiger partial charge is 0.242 e. The fourth-order valence-corrected chi connectivity index (χ4v) is 3.68. The first-order valence-corrected chi connectivity index (χ1v) is 10.9. The van der Waals surface area contributed by atoms with E-state index in [2.05, 4.69) is 9.82 Å². The van der Waals surface area contributed by atoms with Crippen molar-refractivity contribution in [1.29, 1.82) is 0 Å². The number of carbonyl (C=O) groups excluding carboxylic acids is 1. The van der Waals surface area contributed by atoms with Gasteiger partial charge in [-0.25, -0.2) is 17.8 Å². The van der Waals surface area contributed by atoms with Gasteiger partial charge in [0.2, 0.25) is 15.9 Å². The maximum Gasteiger partial charge on any atom is 0.242 e. The van der Waals surface area contributed by atoms with Crippen LogP contribution in [0.3, 0.4) is 0 Å². The zero-order chi connectivity index (χ0) is 20.5. The summed E-state index contributed by atoms with van der Waals surface area (Å²) in [5.41, 5.74) is 2.46. The Hall–Kier alpha value is -2.45. The van der Waals surface area contributed by atoms with Gasteiger partial charge in [0, 0.05) is 18.5 Å². The van der Waals surface area contributed by atoms with Crippen molar-refractivity contribution in [3.63, 3.8) is 0 Å². The maximum atomic E-state index is 13.9. The molecule has 1 atom stereocenters. The summed E-state index contributed by atoms with van der Waals surface area (Å²) in [6.45, 7) is 1.74. The molecule has 1 aliphatic rings. The molecular weight excluding hydrogens is 405 g/mol. The number of amides is 1. The topological polar surface area (TPSA) is 78.8 Å². The van der Waals surface area contributed by atoms with Gasteiger partial charge >= 0.3 is 0 Å². The van der Waals surface area contributed by atoms with Crippen LogP contribution in [0.4, 0.5) is 10.1 Å². The Morgan fingerprint density at radius 1 is 1.29 bits per heavy atom. The van der Waals surface area contributed by atoms with Crippen molar-refractivity contribution < 1.29 is 17.6 Å². The lowest BCUT2D eigenvalue weighted by atomic mass is 9.98. The predicted octanol–water partition coefficient (Wildman–Crippen LogP) is 3.94. The number of hydrogen-bond acceptors (Lipinski definition) is 4. The number of hydrogen-bond donors (Lipinski definition) is 1. The standard InChI is InChI=1S/C19H19ClFN3O3S/c1-3-19(25)24-18(13-6-9-15(20)16(21)10-13)11-17(22-24)12-4-7-14(8-5-12)23-28(2,26)27/h4-10,18,23H,3,11H2,1-2H3/t18-/m1/s1. The van der Waals surface area contributed by atoms with Gasteiger partial charge in [-0.1, -0.05) is 36.7 Å². The maximum absolute atomic E-state index is 13.9. The van der Waals surface area contributed by atoms with Gasteiger partial charge in [0.05, 0.1) is 23.0 Å². The van der Waals surface area contributed by atoms with Crippen LogP contribution < -0.4 is 4.72 Å². The molecule has 0 saturated heterocycles. The molecule has 0 unspecified atom stereocenters. The molecule has 0 fully saturated rings. The number of benzene rings is 2. The Morgan fingerprint density at radius 3 is 2.54 bits per heavy atom. The second kappa shape index (κ2) is 7.89. The third-order valence-corrected chi connectivity index (χ3v) is 5.23. The molecule has 2 aromatic carbocycles. The molecule has 2 aromatic rings. The van der Waals surface area contributed by atoms with Crippen molar-refractivity contribution in [2.75, 3.05) is 11.0 Å². The van der Waals surface area contributed by atoms with Gasteiger partial charge in [0.1, 0.15) is 5.82 Å². The number of carbonyl (C=O) groups is 1. The van der Waals surface area contributed by atoms with Crippen LogP contribution in [0.2, 0.25) is 5.02 Å². The molecule has 6 nitrogen and oxygen atoms in total. The number of halogens is 2. The van der Waals surface area contributed by atoms with Crippen LogP contribution in [-0.4, -0.2) is 31.3 Å². The molecule has 0 spiro atoms. The first-order valence-electron chi connectivity index (χ1n) is 8.60. The van der Waals surface area contributed by atoms with E-state index in [1.165, 1.54) is 17.1 Å². The second-order valence-corrected chi connectivity index (χ2v) is 8.64. The molecule has 1 amide bonds. The lowest BCUT2D eigenvalue weighted by Crippen LogP contribution is -2.26. The molecule has 3 rings (SSSR count). The fourth-order valence-electron chi connectivity index (χ4n) is 3.00. The molecule has 0 radical (unpaired) electrons. The van der Waals surface area contributed by atoms with E-state index in [4.69, 9.17) is 11.6 Å². The lowest BCUT2D eigenvalue weighted by molar-refractivity contribution is -0.132. The Balaban J connectivity index is 1.90. The van der Waals surface area contributed by atoms with Crippen molar-refractivity contribution in [3.05, 3.63) is 64.4 Å². The van der Waals surface area contributed by atoms with Gasteiger partial charge in [-0.3, -0.25) is 9.52 Å². The molecule has 0 aliphatic carbocycles. The fraction of sp³-hybridized carbons (Fsp3) is 0.263. The van der Waals surface area contributed by atoms with Crippen LogP contribution in [0.25, 0.3) is 0 Å². The Kier molecular flexibility index (Phi) is 5.71. The Labute approximate surface area is 168 Å². The number of rotatable bonds is 5. The van der Waals surface area contributed by atoms with E-state index in [0.717, 1.165) is 11.8 Å². The molecular formula is C19H19ClFN3O3S. The van der Waals surface area contributed by atoms with E-state index in [-0.39, 0.29) is 17.4 Å². The lowest BCUT2D eigenvalue weighted by Gasteiger charge is -2.21. The minimum Gasteiger partial charge on any atom is -0.284 e. The number of anilines is 1. The Morgan fingerprint density at radius 2 is 1.96 bits per heavy atom. The third-order valence-electron chi connectivity index (χ3n) is 4.32. The van der Waals surface area contributed by atoms with Crippen molar-refractivity contribution in [3.8, 4) is 0 Å². The van der Waals surface area contributed by atoms with Crippen molar-refractivity contribution >= 4 is 38.9 Å². The van der Waals surface area contributed by atoms with E-state index in [0.29, 0.717) is 23.4 Å². The average molecular weight is 424 g/mol. The van der Waals surface area contributed by atoms with E-state index in [9.17, 15) is 17.6 Å². The molecule has 9 heteroatoms. The second-order valence-electron chi connectivity index (χ2n) is 6.48.